The van der Waals surface area contributed by atoms with Gasteiger partial charge in [0.05, 0.1) is 13.7 Å². The van der Waals surface area contributed by atoms with Crippen LogP contribution in [0.15, 0.2) is 29.3 Å². The third-order valence-electron chi connectivity index (χ3n) is 3.90. The molecule has 0 unspecified atom stereocenters. The number of para-hydroxylation sites is 1. The first-order valence-electron chi connectivity index (χ1n) is 7.71. The molecule has 1 aromatic carbocycles. The number of likely N-dealkylation sites (tertiary alicyclic amines) is 1. The summed E-state index contributed by atoms with van der Waals surface area (Å²) in [6, 6.07) is 8.07. The summed E-state index contributed by atoms with van der Waals surface area (Å²) < 4.78 is 5.39. The molecule has 0 radical (unpaired) electrons. The Labute approximate surface area is 151 Å². The van der Waals surface area contributed by atoms with Crippen molar-refractivity contribution in [1.82, 2.24) is 10.2 Å². The smallest absolute Gasteiger partial charge is 0.194 e. The van der Waals surface area contributed by atoms with Gasteiger partial charge in [0.25, 0.3) is 0 Å². The van der Waals surface area contributed by atoms with Crippen molar-refractivity contribution in [2.24, 2.45) is 10.4 Å². The Bertz CT molecular complexity index is 502. The molecule has 1 saturated heterocycles. The van der Waals surface area contributed by atoms with Gasteiger partial charge in [-0.05, 0) is 24.8 Å². The van der Waals surface area contributed by atoms with Gasteiger partial charge in [0.15, 0.2) is 5.96 Å². The second-order valence-corrected chi connectivity index (χ2v) is 6.32. The largest absolute Gasteiger partial charge is 0.496 e. The number of methoxy groups -OCH3 is 1. The molecular formula is C17H28IN3O. The Morgan fingerprint density at radius 3 is 2.68 bits per heavy atom. The summed E-state index contributed by atoms with van der Waals surface area (Å²) >= 11 is 0. The molecule has 0 amide bonds. The summed E-state index contributed by atoms with van der Waals surface area (Å²) in [5, 5.41) is 3.41. The number of halogens is 1. The first kappa shape index (κ1) is 19.1. The van der Waals surface area contributed by atoms with E-state index in [2.05, 4.69) is 37.1 Å². The second-order valence-electron chi connectivity index (χ2n) is 6.32. The third kappa shape index (κ3) is 5.04. The van der Waals surface area contributed by atoms with E-state index in [1.165, 1.54) is 6.42 Å². The average Bonchev–Trinajstić information content (AvgIpc) is 2.84. The molecule has 0 spiro atoms. The van der Waals surface area contributed by atoms with Gasteiger partial charge in [-0.25, -0.2) is 4.99 Å². The molecule has 1 aliphatic rings. The van der Waals surface area contributed by atoms with Gasteiger partial charge in [0, 0.05) is 25.2 Å². The second kappa shape index (κ2) is 8.60. The number of hydrogen-bond donors (Lipinski definition) is 1. The van der Waals surface area contributed by atoms with Gasteiger partial charge >= 0.3 is 0 Å². The molecule has 0 aromatic heterocycles. The van der Waals surface area contributed by atoms with Crippen molar-refractivity contribution in [3.05, 3.63) is 29.8 Å². The van der Waals surface area contributed by atoms with Crippen LogP contribution in [-0.2, 0) is 6.54 Å². The monoisotopic (exact) mass is 417 g/mol. The van der Waals surface area contributed by atoms with Crippen molar-refractivity contribution in [3.63, 3.8) is 0 Å². The van der Waals surface area contributed by atoms with Crippen molar-refractivity contribution in [2.75, 3.05) is 26.7 Å². The fraction of sp³-hybridized carbons (Fsp3) is 0.588. The summed E-state index contributed by atoms with van der Waals surface area (Å²) in [5.74, 6) is 1.91. The highest BCUT2D eigenvalue weighted by Crippen LogP contribution is 2.28. The minimum absolute atomic E-state index is 0. The van der Waals surface area contributed by atoms with Crippen molar-refractivity contribution >= 4 is 29.9 Å². The topological polar surface area (TPSA) is 36.9 Å². The van der Waals surface area contributed by atoms with Crippen LogP contribution in [-0.4, -0.2) is 37.6 Å². The lowest BCUT2D eigenvalue weighted by atomic mass is 9.93. The quantitative estimate of drug-likeness (QED) is 0.463. The highest BCUT2D eigenvalue weighted by atomic mass is 127. The molecule has 1 aromatic rings. The first-order chi connectivity index (χ1) is 10.1. The molecule has 124 valence electrons. The average molecular weight is 417 g/mol. The Balaban J connectivity index is 0.00000242. The van der Waals surface area contributed by atoms with Gasteiger partial charge in [-0.15, -0.1) is 24.0 Å². The maximum absolute atomic E-state index is 5.39. The van der Waals surface area contributed by atoms with E-state index in [-0.39, 0.29) is 24.0 Å². The molecule has 1 aliphatic heterocycles. The van der Waals surface area contributed by atoms with Crippen molar-refractivity contribution < 1.29 is 4.74 Å². The van der Waals surface area contributed by atoms with Crippen LogP contribution in [0.1, 0.15) is 32.8 Å². The fourth-order valence-electron chi connectivity index (χ4n) is 2.71. The standard InChI is InChI=1S/C17H27N3O.HI/c1-5-18-16(20-11-10-17(2,3)13-20)19-12-14-8-6-7-9-15(14)21-4;/h6-9H,5,10-13H2,1-4H3,(H,18,19);1H. The zero-order valence-electron chi connectivity index (χ0n) is 14.1. The van der Waals surface area contributed by atoms with Crippen LogP contribution in [0.5, 0.6) is 5.75 Å². The summed E-state index contributed by atoms with van der Waals surface area (Å²) in [6.07, 6.45) is 1.21. The number of hydrogen-bond acceptors (Lipinski definition) is 2. The van der Waals surface area contributed by atoms with Gasteiger partial charge in [0.2, 0.25) is 0 Å². The van der Waals surface area contributed by atoms with Crippen LogP contribution in [0.3, 0.4) is 0 Å². The highest BCUT2D eigenvalue weighted by molar-refractivity contribution is 14.0. The van der Waals surface area contributed by atoms with Crippen LogP contribution >= 0.6 is 24.0 Å². The zero-order chi connectivity index (χ0) is 15.3. The maximum atomic E-state index is 5.39. The van der Waals surface area contributed by atoms with Gasteiger partial charge in [0.1, 0.15) is 5.75 Å². The number of benzene rings is 1. The first-order valence-corrected chi connectivity index (χ1v) is 7.71. The number of guanidine groups is 1. The Morgan fingerprint density at radius 2 is 2.09 bits per heavy atom. The van der Waals surface area contributed by atoms with E-state index < -0.39 is 0 Å². The molecule has 0 atom stereocenters. The van der Waals surface area contributed by atoms with Crippen LogP contribution in [0, 0.1) is 5.41 Å². The summed E-state index contributed by atoms with van der Waals surface area (Å²) in [4.78, 5) is 7.15. The van der Waals surface area contributed by atoms with E-state index in [0.29, 0.717) is 12.0 Å². The van der Waals surface area contributed by atoms with Crippen LogP contribution < -0.4 is 10.1 Å². The van der Waals surface area contributed by atoms with E-state index in [0.717, 1.165) is 36.9 Å². The molecular weight excluding hydrogens is 389 g/mol. The molecule has 1 fully saturated rings. The molecule has 1 heterocycles. The van der Waals surface area contributed by atoms with Gasteiger partial charge < -0.3 is 15.0 Å². The van der Waals surface area contributed by atoms with Gasteiger partial charge in [-0.2, -0.15) is 0 Å². The highest BCUT2D eigenvalue weighted by Gasteiger charge is 2.30. The summed E-state index contributed by atoms with van der Waals surface area (Å²) in [5.41, 5.74) is 1.49. The van der Waals surface area contributed by atoms with E-state index in [1.54, 1.807) is 7.11 Å². The van der Waals surface area contributed by atoms with Crippen molar-refractivity contribution in [2.45, 2.75) is 33.7 Å². The number of aliphatic imine (C=N–C) groups is 1. The Hall–Kier alpha value is -0.980. The minimum atomic E-state index is 0. The van der Waals surface area contributed by atoms with Crippen LogP contribution in [0.2, 0.25) is 0 Å². The molecule has 0 saturated carbocycles. The Morgan fingerprint density at radius 1 is 1.36 bits per heavy atom. The number of nitrogens with zero attached hydrogens (tertiary/aromatic N) is 2. The SMILES string of the molecule is CCNC(=NCc1ccccc1OC)N1CCC(C)(C)C1.I. The lowest BCUT2D eigenvalue weighted by Crippen LogP contribution is -2.40. The van der Waals surface area contributed by atoms with Crippen LogP contribution in [0.4, 0.5) is 0 Å². The molecule has 5 heteroatoms. The summed E-state index contributed by atoms with van der Waals surface area (Å²) in [6.45, 7) is 10.4. The molecule has 22 heavy (non-hydrogen) atoms. The molecule has 0 bridgehead atoms. The predicted octanol–water partition coefficient (Wildman–Crippen LogP) is 3.51. The van der Waals surface area contributed by atoms with Crippen LogP contribution in [0.25, 0.3) is 0 Å². The van der Waals surface area contributed by atoms with Crippen molar-refractivity contribution in [1.29, 1.82) is 0 Å². The Kier molecular flexibility index (Phi) is 7.45. The number of rotatable bonds is 4. The van der Waals surface area contributed by atoms with E-state index >= 15 is 0 Å². The van der Waals surface area contributed by atoms with Crippen molar-refractivity contribution in [3.8, 4) is 5.75 Å². The molecule has 4 nitrogen and oxygen atoms in total. The fourth-order valence-corrected chi connectivity index (χ4v) is 2.71. The summed E-state index contributed by atoms with van der Waals surface area (Å²) in [7, 11) is 1.71. The number of nitrogens with one attached hydrogen (secondary N) is 1. The number of ether oxygens (including phenoxy) is 1. The normalized spacial score (nSPS) is 17.1. The lowest BCUT2D eigenvalue weighted by molar-refractivity contribution is 0.370. The van der Waals surface area contributed by atoms with E-state index in [1.807, 2.05) is 18.2 Å². The van der Waals surface area contributed by atoms with E-state index in [4.69, 9.17) is 9.73 Å². The lowest BCUT2D eigenvalue weighted by Gasteiger charge is -2.23. The van der Waals surface area contributed by atoms with Gasteiger partial charge in [-0.3, -0.25) is 0 Å². The molecule has 0 aliphatic carbocycles. The zero-order valence-corrected chi connectivity index (χ0v) is 16.4. The van der Waals surface area contributed by atoms with E-state index in [9.17, 15) is 0 Å². The minimum Gasteiger partial charge on any atom is -0.496 e. The maximum Gasteiger partial charge on any atom is 0.194 e. The molecule has 1 N–H and O–H groups in total. The van der Waals surface area contributed by atoms with Gasteiger partial charge in [-0.1, -0.05) is 32.0 Å². The molecule has 2 rings (SSSR count). The third-order valence-corrected chi connectivity index (χ3v) is 3.90. The predicted molar refractivity (Wildman–Crippen MR) is 103 cm³/mol.